The number of rotatable bonds is 9. The Hall–Kier alpha value is -0.790. The van der Waals surface area contributed by atoms with E-state index in [9.17, 15) is 4.79 Å². The number of halogens is 1. The molecule has 0 aliphatic heterocycles. The summed E-state index contributed by atoms with van der Waals surface area (Å²) in [5.41, 5.74) is 1.51. The van der Waals surface area contributed by atoms with Crippen LogP contribution in [-0.4, -0.2) is 25.6 Å². The van der Waals surface area contributed by atoms with E-state index < -0.39 is 5.97 Å². The van der Waals surface area contributed by atoms with Crippen molar-refractivity contribution in [3.63, 3.8) is 0 Å². The third kappa shape index (κ3) is 5.84. The van der Waals surface area contributed by atoms with Gasteiger partial charge in [-0.1, -0.05) is 25.0 Å². The Labute approximate surface area is 133 Å². The predicted molar refractivity (Wildman–Crippen MR) is 81.2 cm³/mol. The van der Waals surface area contributed by atoms with Crippen LogP contribution in [0.5, 0.6) is 0 Å². The Bertz CT molecular complexity index is 455. The van der Waals surface area contributed by atoms with Crippen LogP contribution in [-0.2, 0) is 19.0 Å². The normalized spacial score (nSPS) is 12.2. The highest BCUT2D eigenvalue weighted by atomic mass is 35.5. The second kappa shape index (κ2) is 10.0. The first kappa shape index (κ1) is 18.3. The van der Waals surface area contributed by atoms with Gasteiger partial charge in [0.05, 0.1) is 35.5 Å². The molecule has 0 saturated carbocycles. The van der Waals surface area contributed by atoms with Gasteiger partial charge in [-0.15, -0.1) is 15.9 Å². The van der Waals surface area contributed by atoms with Gasteiger partial charge in [-0.05, 0) is 30.0 Å². The van der Waals surface area contributed by atoms with Crippen LogP contribution < -0.4 is 0 Å². The summed E-state index contributed by atoms with van der Waals surface area (Å²) in [5.74, 6) is 0.179. The summed E-state index contributed by atoms with van der Waals surface area (Å²) in [7, 11) is 1.33. The Kier molecular flexibility index (Phi) is 8.72. The molecule has 0 saturated heterocycles. The van der Waals surface area contributed by atoms with Crippen molar-refractivity contribution in [3.05, 3.63) is 29.3 Å². The molecule has 0 fully saturated rings. The molecule has 1 aromatic carbocycles. The van der Waals surface area contributed by atoms with Crippen LogP contribution >= 0.6 is 23.6 Å². The minimum atomic E-state index is -0.449. The van der Waals surface area contributed by atoms with Crippen LogP contribution in [0.1, 0.15) is 42.1 Å². The van der Waals surface area contributed by atoms with Crippen molar-refractivity contribution >= 4 is 29.6 Å². The van der Waals surface area contributed by atoms with Gasteiger partial charge in [-0.2, -0.15) is 0 Å². The van der Waals surface area contributed by atoms with E-state index in [0.29, 0.717) is 16.4 Å². The molecule has 21 heavy (non-hydrogen) atoms. The standard InChI is InChI=1S/C14H19ClO5S/c1-4-10(2)11-5-6-12(14(16)18-8-7-15)13(9-11)21-20-19-17-3/h5-6,9-10H,4,7-8H2,1-3H3. The topological polar surface area (TPSA) is 54.0 Å². The van der Waals surface area contributed by atoms with Gasteiger partial charge >= 0.3 is 5.97 Å². The fourth-order valence-electron chi connectivity index (χ4n) is 1.61. The summed E-state index contributed by atoms with van der Waals surface area (Å²) < 4.78 is 9.83. The van der Waals surface area contributed by atoms with E-state index in [1.807, 2.05) is 12.1 Å². The smallest absolute Gasteiger partial charge is 0.339 e. The second-order valence-corrected chi connectivity index (χ2v) is 5.40. The summed E-state index contributed by atoms with van der Waals surface area (Å²) in [6.07, 6.45) is 0.996. The molecule has 0 aliphatic rings. The number of esters is 1. The van der Waals surface area contributed by atoms with Crippen LogP contribution in [0.2, 0.25) is 0 Å². The minimum absolute atomic E-state index is 0.160. The summed E-state index contributed by atoms with van der Waals surface area (Å²) in [4.78, 5) is 16.9. The quantitative estimate of drug-likeness (QED) is 0.169. The molecule has 0 amide bonds. The summed E-state index contributed by atoms with van der Waals surface area (Å²) in [6.45, 7) is 4.37. The van der Waals surface area contributed by atoms with Gasteiger partial charge in [-0.25, -0.2) is 9.68 Å². The molecule has 1 rings (SSSR count). The molecule has 0 spiro atoms. The number of hydrogen-bond acceptors (Lipinski definition) is 6. The fourth-order valence-corrected chi connectivity index (χ4v) is 2.27. The van der Waals surface area contributed by atoms with Gasteiger partial charge < -0.3 is 4.74 Å². The number of carbonyl (C=O) groups excluding carboxylic acids is 1. The Morgan fingerprint density at radius 2 is 2.19 bits per heavy atom. The molecule has 7 heteroatoms. The maximum atomic E-state index is 12.0. The third-order valence-corrected chi connectivity index (χ3v) is 3.73. The summed E-state index contributed by atoms with van der Waals surface area (Å²) in [5, 5.41) is 4.37. The van der Waals surface area contributed by atoms with Crippen molar-refractivity contribution in [2.24, 2.45) is 0 Å². The van der Waals surface area contributed by atoms with Crippen LogP contribution in [0.25, 0.3) is 0 Å². The van der Waals surface area contributed by atoms with E-state index >= 15 is 0 Å². The van der Waals surface area contributed by atoms with Crippen LogP contribution in [0, 0.1) is 0 Å². The van der Waals surface area contributed by atoms with Crippen LogP contribution in [0.4, 0.5) is 0 Å². The first-order valence-corrected chi connectivity index (χ1v) is 7.82. The zero-order chi connectivity index (χ0) is 15.7. The highest BCUT2D eigenvalue weighted by Crippen LogP contribution is 2.29. The van der Waals surface area contributed by atoms with Crippen molar-refractivity contribution in [2.75, 3.05) is 19.6 Å². The number of alkyl halides is 1. The number of carbonyl (C=O) groups is 1. The van der Waals surface area contributed by atoms with Crippen molar-refractivity contribution in [1.82, 2.24) is 0 Å². The van der Waals surface area contributed by atoms with Gasteiger partial charge in [0.25, 0.3) is 0 Å². The van der Waals surface area contributed by atoms with Gasteiger partial charge in [0.15, 0.2) is 0 Å². The number of ether oxygens (including phenoxy) is 1. The lowest BCUT2D eigenvalue weighted by Crippen LogP contribution is -2.09. The molecule has 0 N–H and O–H groups in total. The first-order chi connectivity index (χ1) is 10.1. The first-order valence-electron chi connectivity index (χ1n) is 6.55. The Morgan fingerprint density at radius 1 is 1.43 bits per heavy atom. The van der Waals surface area contributed by atoms with Gasteiger partial charge in [0.2, 0.25) is 0 Å². The molecule has 0 radical (unpaired) electrons. The molecule has 0 heterocycles. The molecular weight excluding hydrogens is 316 g/mol. The van der Waals surface area contributed by atoms with E-state index in [4.69, 9.17) is 20.7 Å². The molecule has 0 aliphatic carbocycles. The van der Waals surface area contributed by atoms with Crippen molar-refractivity contribution in [2.45, 2.75) is 31.1 Å². The lowest BCUT2D eigenvalue weighted by Gasteiger charge is -2.13. The van der Waals surface area contributed by atoms with Gasteiger partial charge in [-0.3, -0.25) is 0 Å². The predicted octanol–water partition coefficient (Wildman–Crippen LogP) is 4.11. The zero-order valence-electron chi connectivity index (χ0n) is 12.3. The van der Waals surface area contributed by atoms with Crippen molar-refractivity contribution in [1.29, 1.82) is 0 Å². The van der Waals surface area contributed by atoms with Gasteiger partial charge in [0.1, 0.15) is 6.61 Å². The number of hydrogen-bond donors (Lipinski definition) is 0. The maximum absolute atomic E-state index is 12.0. The average Bonchev–Trinajstić information content (AvgIpc) is 2.51. The Morgan fingerprint density at radius 3 is 2.81 bits per heavy atom. The molecular formula is C14H19ClO5S. The van der Waals surface area contributed by atoms with E-state index in [1.165, 1.54) is 7.11 Å². The molecule has 5 nitrogen and oxygen atoms in total. The van der Waals surface area contributed by atoms with Gasteiger partial charge in [0, 0.05) is 0 Å². The molecule has 1 aromatic rings. The lowest BCUT2D eigenvalue weighted by atomic mass is 9.97. The molecule has 0 aromatic heterocycles. The van der Waals surface area contributed by atoms with Crippen LogP contribution in [0.3, 0.4) is 0 Å². The average molecular weight is 335 g/mol. The zero-order valence-corrected chi connectivity index (χ0v) is 13.8. The van der Waals surface area contributed by atoms with Crippen molar-refractivity contribution in [3.8, 4) is 0 Å². The molecule has 1 unspecified atom stereocenters. The van der Waals surface area contributed by atoms with E-state index in [-0.39, 0.29) is 12.5 Å². The van der Waals surface area contributed by atoms with Crippen LogP contribution in [0.15, 0.2) is 23.1 Å². The monoisotopic (exact) mass is 334 g/mol. The Balaban J connectivity index is 2.95. The highest BCUT2D eigenvalue weighted by molar-refractivity contribution is 7.94. The fraction of sp³-hybridized carbons (Fsp3) is 0.500. The largest absolute Gasteiger partial charge is 0.461 e. The highest BCUT2D eigenvalue weighted by Gasteiger charge is 2.16. The maximum Gasteiger partial charge on any atom is 0.339 e. The van der Waals surface area contributed by atoms with E-state index in [2.05, 4.69) is 23.8 Å². The van der Waals surface area contributed by atoms with E-state index in [1.54, 1.807) is 6.07 Å². The van der Waals surface area contributed by atoms with E-state index in [0.717, 1.165) is 24.0 Å². The SMILES string of the molecule is CCC(C)c1ccc(C(=O)OCCCl)c(SOOOC)c1. The summed E-state index contributed by atoms with van der Waals surface area (Å²) >= 11 is 6.41. The van der Waals surface area contributed by atoms with Crippen molar-refractivity contribution < 1.29 is 23.8 Å². The third-order valence-electron chi connectivity index (χ3n) is 2.94. The molecule has 118 valence electrons. The lowest BCUT2D eigenvalue weighted by molar-refractivity contribution is -0.447. The minimum Gasteiger partial charge on any atom is -0.461 e. The summed E-state index contributed by atoms with van der Waals surface area (Å²) in [6, 6.07) is 5.51. The molecule has 1 atom stereocenters. The molecule has 0 bridgehead atoms. The second-order valence-electron chi connectivity index (χ2n) is 4.28. The number of benzene rings is 1.